The molecule has 0 spiro atoms. The van der Waals surface area contributed by atoms with E-state index in [1.165, 1.54) is 0 Å². The topological polar surface area (TPSA) is 53.6 Å². The molecule has 4 heteroatoms. The fourth-order valence-electron chi connectivity index (χ4n) is 1.80. The maximum Gasteiger partial charge on any atom is 0.112 e. The number of nitrogens with zero attached hydrogens (tertiary/aromatic N) is 3. The van der Waals surface area contributed by atoms with Crippen LogP contribution in [0.2, 0.25) is 0 Å². The smallest absolute Gasteiger partial charge is 0.112 e. The van der Waals surface area contributed by atoms with E-state index in [1.807, 2.05) is 35.9 Å². The summed E-state index contributed by atoms with van der Waals surface area (Å²) in [5.74, 6) is 0.970. The molecule has 2 rings (SSSR count). The van der Waals surface area contributed by atoms with Crippen molar-refractivity contribution in [3.63, 3.8) is 0 Å². The first-order valence-corrected chi connectivity index (χ1v) is 5.32. The van der Waals surface area contributed by atoms with Gasteiger partial charge in [-0.1, -0.05) is 12.1 Å². The number of para-hydroxylation sites is 2. The van der Waals surface area contributed by atoms with Crippen molar-refractivity contribution < 1.29 is 0 Å². The van der Waals surface area contributed by atoms with E-state index in [9.17, 15) is 0 Å². The van der Waals surface area contributed by atoms with Crippen LogP contribution >= 0.6 is 0 Å². The Labute approximate surface area is 94.5 Å². The largest absolute Gasteiger partial charge is 0.319 e. The second-order valence-electron chi connectivity index (χ2n) is 3.61. The molecule has 0 atom stereocenters. The fourth-order valence-corrected chi connectivity index (χ4v) is 1.80. The highest BCUT2D eigenvalue weighted by Gasteiger charge is 2.08. The van der Waals surface area contributed by atoms with Crippen molar-refractivity contribution >= 4 is 11.0 Å². The van der Waals surface area contributed by atoms with Gasteiger partial charge in [0.2, 0.25) is 0 Å². The Hall–Kier alpha value is -1.86. The van der Waals surface area contributed by atoms with E-state index >= 15 is 0 Å². The summed E-state index contributed by atoms with van der Waals surface area (Å²) in [4.78, 5) is 4.54. The number of aromatic nitrogens is 2. The summed E-state index contributed by atoms with van der Waals surface area (Å²) in [5, 5.41) is 11.9. The highest BCUT2D eigenvalue weighted by atomic mass is 15.1. The van der Waals surface area contributed by atoms with Crippen molar-refractivity contribution in [1.29, 1.82) is 5.26 Å². The number of nitriles is 1. The SMILES string of the molecule is CNCCc1nc2ccccc2n1CC#N. The summed E-state index contributed by atoms with van der Waals surface area (Å²) >= 11 is 0. The van der Waals surface area contributed by atoms with Crippen LogP contribution in [0.3, 0.4) is 0 Å². The van der Waals surface area contributed by atoms with Crippen molar-refractivity contribution in [3.05, 3.63) is 30.1 Å². The summed E-state index contributed by atoms with van der Waals surface area (Å²) in [6, 6.07) is 10.1. The third-order valence-corrected chi connectivity index (χ3v) is 2.56. The molecule has 82 valence electrons. The minimum atomic E-state index is 0.361. The molecule has 0 aliphatic heterocycles. The van der Waals surface area contributed by atoms with Gasteiger partial charge in [0.15, 0.2) is 0 Å². The summed E-state index contributed by atoms with van der Waals surface area (Å²) in [5.41, 5.74) is 2.00. The number of rotatable bonds is 4. The number of hydrogen-bond acceptors (Lipinski definition) is 3. The predicted octanol–water partition coefficient (Wildman–Crippen LogP) is 1.32. The molecule has 1 heterocycles. The van der Waals surface area contributed by atoms with Crippen LogP contribution in [-0.4, -0.2) is 23.1 Å². The Morgan fingerprint density at radius 1 is 1.44 bits per heavy atom. The number of hydrogen-bond donors (Lipinski definition) is 1. The molecule has 0 amide bonds. The third-order valence-electron chi connectivity index (χ3n) is 2.56. The second-order valence-corrected chi connectivity index (χ2v) is 3.61. The normalized spacial score (nSPS) is 10.5. The molecule has 2 aromatic rings. The molecule has 4 nitrogen and oxygen atoms in total. The minimum absolute atomic E-state index is 0.361. The summed E-state index contributed by atoms with van der Waals surface area (Å²) in [7, 11) is 1.91. The zero-order valence-electron chi connectivity index (χ0n) is 9.27. The molecule has 0 saturated carbocycles. The van der Waals surface area contributed by atoms with Gasteiger partial charge in [0.25, 0.3) is 0 Å². The molecule has 0 saturated heterocycles. The van der Waals surface area contributed by atoms with Crippen LogP contribution in [0.15, 0.2) is 24.3 Å². The third kappa shape index (κ3) is 1.90. The van der Waals surface area contributed by atoms with Crippen molar-refractivity contribution in [1.82, 2.24) is 14.9 Å². The second kappa shape index (κ2) is 4.77. The lowest BCUT2D eigenvalue weighted by atomic mass is 10.3. The lowest BCUT2D eigenvalue weighted by Gasteiger charge is -2.03. The maximum atomic E-state index is 8.83. The van der Waals surface area contributed by atoms with E-state index in [-0.39, 0.29) is 0 Å². The van der Waals surface area contributed by atoms with Crippen molar-refractivity contribution in [3.8, 4) is 6.07 Å². The van der Waals surface area contributed by atoms with Gasteiger partial charge in [-0.2, -0.15) is 5.26 Å². The number of imidazole rings is 1. The van der Waals surface area contributed by atoms with Crippen LogP contribution < -0.4 is 5.32 Å². The van der Waals surface area contributed by atoms with Gasteiger partial charge in [0.1, 0.15) is 12.4 Å². The molecule has 0 aliphatic rings. The van der Waals surface area contributed by atoms with Gasteiger partial charge < -0.3 is 9.88 Å². The molecule has 0 bridgehead atoms. The van der Waals surface area contributed by atoms with E-state index in [0.29, 0.717) is 6.54 Å². The highest BCUT2D eigenvalue weighted by Crippen LogP contribution is 2.15. The van der Waals surface area contributed by atoms with E-state index in [2.05, 4.69) is 16.4 Å². The van der Waals surface area contributed by atoms with Crippen molar-refractivity contribution in [2.24, 2.45) is 0 Å². The molecule has 0 aliphatic carbocycles. The van der Waals surface area contributed by atoms with Gasteiger partial charge in [-0.15, -0.1) is 0 Å². The van der Waals surface area contributed by atoms with Gasteiger partial charge >= 0.3 is 0 Å². The number of nitrogens with one attached hydrogen (secondary N) is 1. The minimum Gasteiger partial charge on any atom is -0.319 e. The first-order chi connectivity index (χ1) is 7.86. The van der Waals surface area contributed by atoms with E-state index in [1.54, 1.807) is 0 Å². The molecular formula is C12H14N4. The van der Waals surface area contributed by atoms with E-state index < -0.39 is 0 Å². The molecule has 1 aromatic carbocycles. The Morgan fingerprint density at radius 2 is 2.25 bits per heavy atom. The quantitative estimate of drug-likeness (QED) is 0.835. The van der Waals surface area contributed by atoms with Crippen LogP contribution in [-0.2, 0) is 13.0 Å². The Bertz CT molecular complexity index is 521. The molecule has 1 N–H and O–H groups in total. The standard InChI is InChI=1S/C12H14N4/c1-14-8-6-12-15-10-4-2-3-5-11(10)16(12)9-7-13/h2-5,14H,6,8-9H2,1H3. The molecule has 0 unspecified atom stereocenters. The molecule has 1 aromatic heterocycles. The molecular weight excluding hydrogens is 200 g/mol. The average Bonchev–Trinajstić information content (AvgIpc) is 2.66. The van der Waals surface area contributed by atoms with Gasteiger partial charge in [-0.25, -0.2) is 4.98 Å². The van der Waals surface area contributed by atoms with Crippen LogP contribution in [0.4, 0.5) is 0 Å². The monoisotopic (exact) mass is 214 g/mol. The Morgan fingerprint density at radius 3 is 3.00 bits per heavy atom. The molecule has 0 radical (unpaired) electrons. The molecule has 16 heavy (non-hydrogen) atoms. The number of likely N-dealkylation sites (N-methyl/N-ethyl adjacent to an activating group) is 1. The summed E-state index contributed by atoms with van der Waals surface area (Å²) in [6.07, 6.45) is 0.840. The summed E-state index contributed by atoms with van der Waals surface area (Å²) in [6.45, 7) is 1.23. The van der Waals surface area contributed by atoms with Crippen LogP contribution in [0.1, 0.15) is 5.82 Å². The van der Waals surface area contributed by atoms with Crippen molar-refractivity contribution in [2.75, 3.05) is 13.6 Å². The van der Waals surface area contributed by atoms with Gasteiger partial charge in [-0.05, 0) is 19.2 Å². The number of fused-ring (bicyclic) bond motifs is 1. The van der Waals surface area contributed by atoms with Gasteiger partial charge in [0.05, 0.1) is 17.1 Å². The van der Waals surface area contributed by atoms with Crippen LogP contribution in [0.5, 0.6) is 0 Å². The van der Waals surface area contributed by atoms with E-state index in [4.69, 9.17) is 5.26 Å². The Balaban J connectivity index is 2.46. The van der Waals surface area contributed by atoms with Gasteiger partial charge in [0, 0.05) is 13.0 Å². The number of benzene rings is 1. The summed E-state index contributed by atoms with van der Waals surface area (Å²) < 4.78 is 1.98. The van der Waals surface area contributed by atoms with E-state index in [0.717, 1.165) is 29.8 Å². The first-order valence-electron chi connectivity index (χ1n) is 5.32. The average molecular weight is 214 g/mol. The molecule has 0 fully saturated rings. The fraction of sp³-hybridized carbons (Fsp3) is 0.333. The lowest BCUT2D eigenvalue weighted by molar-refractivity contribution is 0.706. The highest BCUT2D eigenvalue weighted by molar-refractivity contribution is 5.76. The zero-order chi connectivity index (χ0) is 11.4. The maximum absolute atomic E-state index is 8.83. The van der Waals surface area contributed by atoms with Crippen LogP contribution in [0.25, 0.3) is 11.0 Å². The lowest BCUT2D eigenvalue weighted by Crippen LogP contribution is -2.14. The zero-order valence-corrected chi connectivity index (χ0v) is 9.27. The predicted molar refractivity (Wildman–Crippen MR) is 63.0 cm³/mol. The van der Waals surface area contributed by atoms with Gasteiger partial charge in [-0.3, -0.25) is 0 Å². The van der Waals surface area contributed by atoms with Crippen LogP contribution in [0, 0.1) is 11.3 Å². The van der Waals surface area contributed by atoms with Crippen molar-refractivity contribution in [2.45, 2.75) is 13.0 Å². The first kappa shape index (κ1) is 10.7. The Kier molecular flexibility index (Phi) is 3.18.